The van der Waals surface area contributed by atoms with E-state index in [1.165, 1.54) is 0 Å². The SMILES string of the molecule is O=C(O)[C@@H]1CCCC[C@@H]1C(=O)N(Cc1ccccc1)Cc1ccccc1. The first-order valence-electron chi connectivity index (χ1n) is 9.24. The van der Waals surface area contributed by atoms with Crippen molar-refractivity contribution >= 4 is 11.9 Å². The van der Waals surface area contributed by atoms with Crippen LogP contribution in [0.4, 0.5) is 0 Å². The zero-order valence-electron chi connectivity index (χ0n) is 14.9. The van der Waals surface area contributed by atoms with Gasteiger partial charge in [0.15, 0.2) is 0 Å². The lowest BCUT2D eigenvalue weighted by molar-refractivity contribution is -0.152. The Morgan fingerprint density at radius 2 is 1.27 bits per heavy atom. The molecule has 2 aromatic carbocycles. The number of rotatable bonds is 6. The summed E-state index contributed by atoms with van der Waals surface area (Å²) in [6, 6.07) is 19.7. The first-order valence-corrected chi connectivity index (χ1v) is 9.24. The molecule has 1 N–H and O–H groups in total. The third kappa shape index (κ3) is 4.51. The standard InChI is InChI=1S/C22H25NO3/c24-21(19-13-7-8-14-20(19)22(25)26)23(15-17-9-3-1-4-10-17)16-18-11-5-2-6-12-18/h1-6,9-12,19-20H,7-8,13-16H2,(H,25,26)/t19-,20+/m0/s1. The maximum Gasteiger partial charge on any atom is 0.307 e. The molecule has 0 aliphatic heterocycles. The number of aliphatic carboxylic acids is 1. The Morgan fingerprint density at radius 3 is 1.73 bits per heavy atom. The fraction of sp³-hybridized carbons (Fsp3) is 0.364. The van der Waals surface area contributed by atoms with Gasteiger partial charge in [-0.2, -0.15) is 0 Å². The average Bonchev–Trinajstić information content (AvgIpc) is 2.68. The molecule has 0 radical (unpaired) electrons. The second-order valence-electron chi connectivity index (χ2n) is 7.00. The molecule has 1 saturated carbocycles. The minimum Gasteiger partial charge on any atom is -0.481 e. The third-order valence-electron chi connectivity index (χ3n) is 5.14. The van der Waals surface area contributed by atoms with Gasteiger partial charge in [0.25, 0.3) is 0 Å². The average molecular weight is 351 g/mol. The number of carboxylic acid groups (broad SMARTS) is 1. The lowest BCUT2D eigenvalue weighted by Gasteiger charge is -2.33. The van der Waals surface area contributed by atoms with E-state index < -0.39 is 17.8 Å². The Kier molecular flexibility index (Phi) is 6.05. The van der Waals surface area contributed by atoms with Crippen molar-refractivity contribution in [2.24, 2.45) is 11.8 Å². The van der Waals surface area contributed by atoms with E-state index in [0.717, 1.165) is 24.0 Å². The van der Waals surface area contributed by atoms with Crippen LogP contribution in [-0.2, 0) is 22.7 Å². The van der Waals surface area contributed by atoms with Gasteiger partial charge in [-0.25, -0.2) is 0 Å². The number of carboxylic acids is 1. The molecule has 2 aromatic rings. The van der Waals surface area contributed by atoms with Crippen LogP contribution in [0.1, 0.15) is 36.8 Å². The Bertz CT molecular complexity index is 688. The second kappa shape index (κ2) is 8.65. The third-order valence-corrected chi connectivity index (χ3v) is 5.14. The summed E-state index contributed by atoms with van der Waals surface area (Å²) in [7, 11) is 0. The van der Waals surface area contributed by atoms with Crippen LogP contribution in [0.5, 0.6) is 0 Å². The van der Waals surface area contributed by atoms with Gasteiger partial charge in [-0.1, -0.05) is 73.5 Å². The quantitative estimate of drug-likeness (QED) is 0.852. The summed E-state index contributed by atoms with van der Waals surface area (Å²) in [6.07, 6.45) is 3.06. The molecule has 0 spiro atoms. The van der Waals surface area contributed by atoms with Crippen LogP contribution in [0.25, 0.3) is 0 Å². The number of benzene rings is 2. The molecule has 136 valence electrons. The lowest BCUT2D eigenvalue weighted by atomic mass is 9.78. The van der Waals surface area contributed by atoms with Crippen molar-refractivity contribution in [2.45, 2.75) is 38.8 Å². The van der Waals surface area contributed by atoms with Crippen LogP contribution in [0.2, 0.25) is 0 Å². The molecule has 26 heavy (non-hydrogen) atoms. The smallest absolute Gasteiger partial charge is 0.307 e. The highest BCUT2D eigenvalue weighted by Gasteiger charge is 2.37. The molecule has 0 aromatic heterocycles. The Balaban J connectivity index is 1.83. The minimum atomic E-state index is -0.845. The van der Waals surface area contributed by atoms with Gasteiger partial charge in [0.2, 0.25) is 5.91 Å². The highest BCUT2D eigenvalue weighted by atomic mass is 16.4. The predicted molar refractivity (Wildman–Crippen MR) is 100 cm³/mol. The zero-order valence-corrected chi connectivity index (χ0v) is 14.9. The molecule has 0 saturated heterocycles. The van der Waals surface area contributed by atoms with E-state index in [4.69, 9.17) is 0 Å². The molecule has 0 unspecified atom stereocenters. The van der Waals surface area contributed by atoms with E-state index in [1.54, 1.807) is 0 Å². The zero-order chi connectivity index (χ0) is 18.4. The van der Waals surface area contributed by atoms with E-state index in [9.17, 15) is 14.7 Å². The number of hydrogen-bond acceptors (Lipinski definition) is 2. The van der Waals surface area contributed by atoms with Crippen LogP contribution >= 0.6 is 0 Å². The van der Waals surface area contributed by atoms with Crippen molar-refractivity contribution in [3.05, 3.63) is 71.8 Å². The molecule has 2 atom stereocenters. The topological polar surface area (TPSA) is 57.6 Å². The maximum atomic E-state index is 13.3. The van der Waals surface area contributed by atoms with Crippen LogP contribution < -0.4 is 0 Å². The Morgan fingerprint density at radius 1 is 0.808 bits per heavy atom. The summed E-state index contributed by atoms with van der Waals surface area (Å²) in [4.78, 5) is 26.7. The van der Waals surface area contributed by atoms with E-state index in [2.05, 4.69) is 0 Å². The van der Waals surface area contributed by atoms with Crippen molar-refractivity contribution in [1.29, 1.82) is 0 Å². The minimum absolute atomic E-state index is 0.0372. The summed E-state index contributed by atoms with van der Waals surface area (Å²) in [6.45, 7) is 0.995. The number of amides is 1. The van der Waals surface area contributed by atoms with Crippen molar-refractivity contribution in [1.82, 2.24) is 4.90 Å². The number of carbonyl (C=O) groups is 2. The predicted octanol–water partition coefficient (Wildman–Crippen LogP) is 4.11. The van der Waals surface area contributed by atoms with E-state index in [1.807, 2.05) is 65.6 Å². The molecule has 0 heterocycles. The van der Waals surface area contributed by atoms with Crippen molar-refractivity contribution in [3.8, 4) is 0 Å². The Labute approximate surface area is 154 Å². The van der Waals surface area contributed by atoms with E-state index in [0.29, 0.717) is 25.9 Å². The van der Waals surface area contributed by atoms with Gasteiger partial charge >= 0.3 is 5.97 Å². The van der Waals surface area contributed by atoms with E-state index in [-0.39, 0.29) is 5.91 Å². The molecule has 1 amide bonds. The monoisotopic (exact) mass is 351 g/mol. The van der Waals surface area contributed by atoms with Crippen LogP contribution in [0.3, 0.4) is 0 Å². The Hall–Kier alpha value is -2.62. The van der Waals surface area contributed by atoms with Gasteiger partial charge in [-0.05, 0) is 24.0 Å². The van der Waals surface area contributed by atoms with Crippen LogP contribution in [0, 0.1) is 11.8 Å². The first-order chi connectivity index (χ1) is 12.6. The van der Waals surface area contributed by atoms with Gasteiger partial charge in [0.1, 0.15) is 0 Å². The van der Waals surface area contributed by atoms with Gasteiger partial charge < -0.3 is 10.0 Å². The fourth-order valence-corrected chi connectivity index (χ4v) is 3.78. The number of carbonyl (C=O) groups excluding carboxylic acids is 1. The summed E-state index contributed by atoms with van der Waals surface area (Å²) >= 11 is 0. The normalized spacial score (nSPS) is 19.7. The summed E-state index contributed by atoms with van der Waals surface area (Å²) < 4.78 is 0. The molecule has 1 aliphatic rings. The number of hydrogen-bond donors (Lipinski definition) is 1. The fourth-order valence-electron chi connectivity index (χ4n) is 3.78. The summed E-state index contributed by atoms with van der Waals surface area (Å²) in [5.41, 5.74) is 2.11. The molecule has 3 rings (SSSR count). The second-order valence-corrected chi connectivity index (χ2v) is 7.00. The van der Waals surface area contributed by atoms with Gasteiger partial charge in [0.05, 0.1) is 11.8 Å². The van der Waals surface area contributed by atoms with Crippen molar-refractivity contribution in [2.75, 3.05) is 0 Å². The summed E-state index contributed by atoms with van der Waals surface area (Å²) in [5, 5.41) is 9.55. The van der Waals surface area contributed by atoms with Gasteiger partial charge in [0, 0.05) is 13.1 Å². The maximum absolute atomic E-state index is 13.3. The van der Waals surface area contributed by atoms with Crippen LogP contribution in [-0.4, -0.2) is 21.9 Å². The molecule has 0 bridgehead atoms. The molecule has 1 aliphatic carbocycles. The largest absolute Gasteiger partial charge is 0.481 e. The first kappa shape index (κ1) is 18.2. The van der Waals surface area contributed by atoms with Gasteiger partial charge in [-0.3, -0.25) is 9.59 Å². The molecule has 4 nitrogen and oxygen atoms in total. The molecule has 1 fully saturated rings. The highest BCUT2D eigenvalue weighted by Crippen LogP contribution is 2.32. The van der Waals surface area contributed by atoms with Crippen molar-refractivity contribution in [3.63, 3.8) is 0 Å². The van der Waals surface area contributed by atoms with E-state index >= 15 is 0 Å². The number of nitrogens with zero attached hydrogens (tertiary/aromatic N) is 1. The van der Waals surface area contributed by atoms with Crippen LogP contribution in [0.15, 0.2) is 60.7 Å². The summed E-state index contributed by atoms with van der Waals surface area (Å²) in [5.74, 6) is -1.87. The molecular formula is C22H25NO3. The lowest BCUT2D eigenvalue weighted by Crippen LogP contribution is -2.42. The molecular weight excluding hydrogens is 326 g/mol. The molecule has 4 heteroatoms. The highest BCUT2D eigenvalue weighted by molar-refractivity contribution is 5.85. The van der Waals surface area contributed by atoms with Crippen molar-refractivity contribution < 1.29 is 14.7 Å². The van der Waals surface area contributed by atoms with Gasteiger partial charge in [-0.15, -0.1) is 0 Å².